The highest BCUT2D eigenvalue weighted by molar-refractivity contribution is 5.84. The Bertz CT molecular complexity index is 318. The van der Waals surface area contributed by atoms with Gasteiger partial charge < -0.3 is 10.0 Å². The molecule has 0 aromatic heterocycles. The second kappa shape index (κ2) is 4.99. The van der Waals surface area contributed by atoms with E-state index in [2.05, 4.69) is 0 Å². The van der Waals surface area contributed by atoms with E-state index >= 15 is 0 Å². The molecule has 3 nitrogen and oxygen atoms in total. The van der Waals surface area contributed by atoms with E-state index in [0.717, 1.165) is 7.05 Å². The summed E-state index contributed by atoms with van der Waals surface area (Å²) in [5.74, 6) is -7.74. The maximum Gasteiger partial charge on any atom is 0.463 e. The Labute approximate surface area is 101 Å². The molecule has 2 unspecified atom stereocenters. The third-order valence-electron chi connectivity index (χ3n) is 3.14. The van der Waals surface area contributed by atoms with Gasteiger partial charge in [0.05, 0.1) is 12.1 Å². The minimum Gasteiger partial charge on any atom is -0.391 e. The molecule has 2 atom stereocenters. The van der Waals surface area contributed by atoms with Crippen LogP contribution in [0.3, 0.4) is 0 Å². The van der Waals surface area contributed by atoms with E-state index < -0.39 is 30.2 Å². The summed E-state index contributed by atoms with van der Waals surface area (Å²) in [7, 11) is 0.862. The number of likely N-dealkylation sites (N-methyl/N-ethyl adjacent to an activating group) is 1. The fourth-order valence-corrected chi connectivity index (χ4v) is 2.04. The maximum atomic E-state index is 12.9. The van der Waals surface area contributed by atoms with Gasteiger partial charge in [-0.05, 0) is 12.8 Å². The number of hydrogen-bond acceptors (Lipinski definition) is 2. The lowest BCUT2D eigenvalue weighted by Crippen LogP contribution is -2.56. The van der Waals surface area contributed by atoms with Crippen molar-refractivity contribution in [3.05, 3.63) is 0 Å². The van der Waals surface area contributed by atoms with Crippen LogP contribution in [0.5, 0.6) is 0 Å². The topological polar surface area (TPSA) is 40.5 Å². The van der Waals surface area contributed by atoms with Gasteiger partial charge in [0, 0.05) is 7.05 Å². The van der Waals surface area contributed by atoms with Crippen LogP contribution in [-0.4, -0.2) is 47.2 Å². The smallest absolute Gasteiger partial charge is 0.391 e. The summed E-state index contributed by atoms with van der Waals surface area (Å²) in [5.41, 5.74) is 0. The van der Waals surface area contributed by atoms with E-state index in [0.29, 0.717) is 24.2 Å². The lowest BCUT2D eigenvalue weighted by Gasteiger charge is -2.36. The number of amides is 1. The fraction of sp³-hybridized carbons (Fsp3) is 0.900. The minimum absolute atomic E-state index is 0.220. The Hall–Kier alpha value is -0.920. The molecule has 0 heterocycles. The number of aliphatic hydroxyl groups excluding tert-OH is 1. The molecule has 0 aliphatic heterocycles. The molecule has 18 heavy (non-hydrogen) atoms. The lowest BCUT2D eigenvalue weighted by atomic mass is 9.91. The minimum atomic E-state index is -5.92. The number of carbonyl (C=O) groups excluding carboxylic acids is 1. The first-order chi connectivity index (χ1) is 8.09. The Morgan fingerprint density at radius 2 is 1.67 bits per heavy atom. The van der Waals surface area contributed by atoms with Crippen LogP contribution in [0.15, 0.2) is 0 Å². The molecule has 106 valence electrons. The number of carbonyl (C=O) groups is 1. The summed E-state index contributed by atoms with van der Waals surface area (Å²) >= 11 is 0. The van der Waals surface area contributed by atoms with Gasteiger partial charge in [0.2, 0.25) is 0 Å². The van der Waals surface area contributed by atoms with E-state index in [4.69, 9.17) is 0 Å². The summed E-state index contributed by atoms with van der Waals surface area (Å²) < 4.78 is 61.9. The van der Waals surface area contributed by atoms with Crippen LogP contribution >= 0.6 is 0 Å². The maximum absolute atomic E-state index is 12.9. The van der Waals surface area contributed by atoms with Gasteiger partial charge in [-0.2, -0.15) is 22.0 Å². The van der Waals surface area contributed by atoms with Crippen LogP contribution in [0.2, 0.25) is 0 Å². The van der Waals surface area contributed by atoms with Crippen molar-refractivity contribution in [1.82, 2.24) is 4.90 Å². The summed E-state index contributed by atoms with van der Waals surface area (Å²) in [4.78, 5) is 11.5. The Balaban J connectivity index is 2.83. The third kappa shape index (κ3) is 2.73. The van der Waals surface area contributed by atoms with E-state index in [1.54, 1.807) is 0 Å². The first-order valence-electron chi connectivity index (χ1n) is 5.49. The Kier molecular flexibility index (Phi) is 4.19. The number of nitrogens with zero attached hydrogens (tertiary/aromatic N) is 1. The van der Waals surface area contributed by atoms with Crippen molar-refractivity contribution >= 4 is 5.91 Å². The molecule has 8 heteroatoms. The molecule has 1 amide bonds. The molecule has 0 saturated heterocycles. The van der Waals surface area contributed by atoms with Crippen molar-refractivity contribution in [3.8, 4) is 0 Å². The summed E-state index contributed by atoms with van der Waals surface area (Å²) in [5, 5.41) is 9.54. The van der Waals surface area contributed by atoms with Gasteiger partial charge >= 0.3 is 18.0 Å². The second-order valence-corrected chi connectivity index (χ2v) is 4.41. The summed E-state index contributed by atoms with van der Waals surface area (Å²) in [6.45, 7) is 0. The molecular weight excluding hydrogens is 261 g/mol. The van der Waals surface area contributed by atoms with Crippen molar-refractivity contribution in [2.45, 2.75) is 49.9 Å². The van der Waals surface area contributed by atoms with E-state index in [9.17, 15) is 31.9 Å². The molecule has 0 aromatic carbocycles. The van der Waals surface area contributed by atoms with E-state index in [-0.39, 0.29) is 6.42 Å². The zero-order valence-corrected chi connectivity index (χ0v) is 9.68. The van der Waals surface area contributed by atoms with Gasteiger partial charge in [0.15, 0.2) is 0 Å². The van der Waals surface area contributed by atoms with Gasteiger partial charge in [-0.25, -0.2) is 0 Å². The van der Waals surface area contributed by atoms with Crippen LogP contribution in [0.4, 0.5) is 22.0 Å². The Morgan fingerprint density at radius 3 is 2.11 bits per heavy atom. The predicted octanol–water partition coefficient (Wildman–Crippen LogP) is 1.95. The zero-order chi connectivity index (χ0) is 14.1. The van der Waals surface area contributed by atoms with Crippen LogP contribution < -0.4 is 0 Å². The number of halogens is 5. The fourth-order valence-electron chi connectivity index (χ4n) is 2.04. The molecule has 1 aliphatic rings. The quantitative estimate of drug-likeness (QED) is 0.782. The SMILES string of the molecule is CN(C(=O)C(F)(F)C(F)(F)F)C1CCCCC1O. The highest BCUT2D eigenvalue weighted by atomic mass is 19.4. The van der Waals surface area contributed by atoms with Crippen LogP contribution in [0.25, 0.3) is 0 Å². The molecular formula is C10H14F5NO2. The van der Waals surface area contributed by atoms with Gasteiger partial charge in [-0.15, -0.1) is 0 Å². The largest absolute Gasteiger partial charge is 0.463 e. The van der Waals surface area contributed by atoms with Crippen molar-refractivity contribution in [3.63, 3.8) is 0 Å². The molecule has 0 bridgehead atoms. The number of hydrogen-bond donors (Lipinski definition) is 1. The molecule has 0 spiro atoms. The standard InChI is InChI=1S/C10H14F5NO2/c1-16(6-4-2-3-5-7(6)17)8(18)9(11,12)10(13,14)15/h6-7,17H,2-5H2,1H3. The van der Waals surface area contributed by atoms with Crippen molar-refractivity contribution in [2.24, 2.45) is 0 Å². The molecule has 1 rings (SSSR count). The summed E-state index contributed by atoms with van der Waals surface area (Å²) in [6.07, 6.45) is -5.22. The first-order valence-corrected chi connectivity index (χ1v) is 5.49. The van der Waals surface area contributed by atoms with E-state index in [1.165, 1.54) is 0 Å². The highest BCUT2D eigenvalue weighted by Crippen LogP contribution is 2.37. The molecule has 0 radical (unpaired) electrons. The monoisotopic (exact) mass is 275 g/mol. The van der Waals surface area contributed by atoms with Crippen molar-refractivity contribution in [1.29, 1.82) is 0 Å². The normalized spacial score (nSPS) is 25.9. The van der Waals surface area contributed by atoms with E-state index in [1.807, 2.05) is 0 Å². The molecule has 0 aromatic rings. The summed E-state index contributed by atoms with van der Waals surface area (Å²) in [6, 6.07) is -0.987. The highest BCUT2D eigenvalue weighted by Gasteiger charge is 2.64. The molecule has 1 saturated carbocycles. The van der Waals surface area contributed by atoms with Crippen LogP contribution in [-0.2, 0) is 4.79 Å². The van der Waals surface area contributed by atoms with Crippen molar-refractivity contribution < 1.29 is 31.9 Å². The van der Waals surface area contributed by atoms with Gasteiger partial charge in [-0.3, -0.25) is 4.79 Å². The van der Waals surface area contributed by atoms with Gasteiger partial charge in [0.25, 0.3) is 0 Å². The lowest BCUT2D eigenvalue weighted by molar-refractivity contribution is -0.275. The molecule has 1 aliphatic carbocycles. The molecule has 1 fully saturated rings. The van der Waals surface area contributed by atoms with Crippen molar-refractivity contribution in [2.75, 3.05) is 7.05 Å². The first kappa shape index (κ1) is 15.1. The zero-order valence-electron chi connectivity index (χ0n) is 9.68. The Morgan fingerprint density at radius 1 is 1.17 bits per heavy atom. The van der Waals surface area contributed by atoms with Crippen LogP contribution in [0, 0.1) is 0 Å². The average molecular weight is 275 g/mol. The number of aliphatic hydroxyl groups is 1. The van der Waals surface area contributed by atoms with Crippen LogP contribution in [0.1, 0.15) is 25.7 Å². The predicted molar refractivity (Wildman–Crippen MR) is 52.0 cm³/mol. The van der Waals surface area contributed by atoms with Gasteiger partial charge in [0.1, 0.15) is 0 Å². The molecule has 1 N–H and O–H groups in total. The second-order valence-electron chi connectivity index (χ2n) is 4.41. The van der Waals surface area contributed by atoms with Gasteiger partial charge in [-0.1, -0.05) is 12.8 Å². The number of rotatable bonds is 2. The number of alkyl halides is 5. The third-order valence-corrected chi connectivity index (χ3v) is 3.14. The average Bonchev–Trinajstić information content (AvgIpc) is 2.26.